The average Bonchev–Trinajstić information content (AvgIpc) is 2.34. The van der Waals surface area contributed by atoms with E-state index in [-0.39, 0.29) is 18.3 Å². The lowest BCUT2D eigenvalue weighted by Gasteiger charge is -2.44. The Balaban J connectivity index is 1.90. The fourth-order valence-electron chi connectivity index (χ4n) is 3.82. The van der Waals surface area contributed by atoms with E-state index in [0.717, 1.165) is 25.7 Å². The first-order valence-corrected chi connectivity index (χ1v) is 9.23. The van der Waals surface area contributed by atoms with Crippen molar-refractivity contribution in [2.24, 2.45) is 0 Å². The molecule has 2 aliphatic rings. The van der Waals surface area contributed by atoms with E-state index in [1.54, 1.807) is 0 Å². The van der Waals surface area contributed by atoms with Crippen LogP contribution in [0.3, 0.4) is 0 Å². The summed E-state index contributed by atoms with van der Waals surface area (Å²) < 4.78 is 24.0. The van der Waals surface area contributed by atoms with Gasteiger partial charge in [0.1, 0.15) is 0 Å². The van der Waals surface area contributed by atoms with Gasteiger partial charge in [0.25, 0.3) is 0 Å². The van der Waals surface area contributed by atoms with Gasteiger partial charge in [-0.1, -0.05) is 26.2 Å². The Kier molecular flexibility index (Phi) is 6.51. The molecular weight excluding hydrogens is 292 g/mol. The zero-order valence-electron chi connectivity index (χ0n) is 15.6. The van der Waals surface area contributed by atoms with Gasteiger partial charge in [0.2, 0.25) is 0 Å². The Hall–Kier alpha value is -0.160. The van der Waals surface area contributed by atoms with E-state index >= 15 is 0 Å². The monoisotopic (exact) mass is 327 g/mol. The quantitative estimate of drug-likeness (QED) is 0.668. The number of rotatable bonds is 6. The average molecular weight is 327 g/mol. The molecule has 0 unspecified atom stereocenters. The summed E-state index contributed by atoms with van der Waals surface area (Å²) in [6, 6.07) is 0. The zero-order chi connectivity index (χ0) is 17.1. The number of ether oxygens (including phenoxy) is 4. The van der Waals surface area contributed by atoms with Crippen LogP contribution in [-0.2, 0) is 18.9 Å². The lowest BCUT2D eigenvalue weighted by Crippen LogP contribution is -2.49. The third kappa shape index (κ3) is 6.33. The van der Waals surface area contributed by atoms with E-state index in [4.69, 9.17) is 18.9 Å². The Morgan fingerprint density at radius 3 is 2.00 bits per heavy atom. The predicted octanol–water partition coefficient (Wildman–Crippen LogP) is 4.61. The highest BCUT2D eigenvalue weighted by Gasteiger charge is 2.39. The molecule has 23 heavy (non-hydrogen) atoms. The van der Waals surface area contributed by atoms with Gasteiger partial charge in [0.15, 0.2) is 11.6 Å². The van der Waals surface area contributed by atoms with Gasteiger partial charge in [0.05, 0.1) is 24.4 Å². The molecule has 2 aliphatic heterocycles. The van der Waals surface area contributed by atoms with Crippen molar-refractivity contribution in [1.82, 2.24) is 0 Å². The molecule has 2 fully saturated rings. The highest BCUT2D eigenvalue weighted by Crippen LogP contribution is 2.35. The van der Waals surface area contributed by atoms with Crippen LogP contribution in [0.1, 0.15) is 79.6 Å². The standard InChI is InChI=1S/C19H35O4/c1-7-8-9-10-15-12-17(23-19(5,6)21-15)13-16-11-14(2)20-18(3,4)22-16/h14-17H,2,7-13H2,1,3-6H3/t14-,15+,16-,17+/m1/s1. The van der Waals surface area contributed by atoms with Crippen LogP contribution < -0.4 is 0 Å². The Bertz CT molecular complexity index is 366. The molecule has 4 atom stereocenters. The molecule has 2 rings (SSSR count). The summed E-state index contributed by atoms with van der Waals surface area (Å²) in [6.45, 7) is 14.2. The lowest BCUT2D eigenvalue weighted by molar-refractivity contribution is -0.321. The summed E-state index contributed by atoms with van der Waals surface area (Å²) in [4.78, 5) is 0. The van der Waals surface area contributed by atoms with Gasteiger partial charge in [-0.15, -0.1) is 0 Å². The predicted molar refractivity (Wildman–Crippen MR) is 91.0 cm³/mol. The fraction of sp³-hybridized carbons (Fsp3) is 0.947. The molecule has 0 aromatic rings. The second-order valence-electron chi connectivity index (χ2n) is 7.96. The minimum Gasteiger partial charge on any atom is -0.347 e. The van der Waals surface area contributed by atoms with Gasteiger partial charge in [-0.2, -0.15) is 0 Å². The minimum absolute atomic E-state index is 0.0167. The van der Waals surface area contributed by atoms with Crippen LogP contribution in [0.15, 0.2) is 0 Å². The highest BCUT2D eigenvalue weighted by atomic mass is 16.7. The summed E-state index contributed by atoms with van der Waals surface area (Å²) in [5.74, 6) is -1.07. The van der Waals surface area contributed by atoms with Crippen LogP contribution in [0.5, 0.6) is 0 Å². The molecule has 135 valence electrons. The van der Waals surface area contributed by atoms with Gasteiger partial charge in [-0.3, -0.25) is 0 Å². The Morgan fingerprint density at radius 2 is 1.39 bits per heavy atom. The molecule has 0 bridgehead atoms. The van der Waals surface area contributed by atoms with Crippen LogP contribution in [-0.4, -0.2) is 36.0 Å². The summed E-state index contributed by atoms with van der Waals surface area (Å²) >= 11 is 0. The van der Waals surface area contributed by atoms with E-state index in [1.807, 2.05) is 27.7 Å². The van der Waals surface area contributed by atoms with Crippen molar-refractivity contribution < 1.29 is 18.9 Å². The topological polar surface area (TPSA) is 36.9 Å². The van der Waals surface area contributed by atoms with E-state index in [9.17, 15) is 0 Å². The van der Waals surface area contributed by atoms with Crippen molar-refractivity contribution in [3.8, 4) is 0 Å². The molecular formula is C19H35O4. The molecule has 0 saturated carbocycles. The summed E-state index contributed by atoms with van der Waals surface area (Å²) in [7, 11) is 0. The molecule has 2 heterocycles. The molecule has 0 spiro atoms. The maximum Gasteiger partial charge on any atom is 0.163 e. The molecule has 0 aromatic heterocycles. The van der Waals surface area contributed by atoms with Gasteiger partial charge >= 0.3 is 0 Å². The smallest absolute Gasteiger partial charge is 0.163 e. The van der Waals surface area contributed by atoms with Crippen LogP contribution >= 0.6 is 0 Å². The van der Waals surface area contributed by atoms with Crippen molar-refractivity contribution in [1.29, 1.82) is 0 Å². The molecule has 0 aliphatic carbocycles. The number of hydrogen-bond donors (Lipinski definition) is 0. The normalized spacial score (nSPS) is 36.8. The van der Waals surface area contributed by atoms with E-state index in [2.05, 4.69) is 13.8 Å². The molecule has 0 amide bonds. The third-order valence-electron chi connectivity index (χ3n) is 4.51. The highest BCUT2D eigenvalue weighted by molar-refractivity contribution is 4.83. The molecule has 2 saturated heterocycles. The van der Waals surface area contributed by atoms with Crippen molar-refractivity contribution >= 4 is 0 Å². The number of unbranched alkanes of at least 4 members (excludes halogenated alkanes) is 2. The summed E-state index contributed by atoms with van der Waals surface area (Å²) in [5, 5.41) is 0. The first-order valence-electron chi connectivity index (χ1n) is 9.23. The lowest BCUT2D eigenvalue weighted by atomic mass is 9.96. The van der Waals surface area contributed by atoms with Crippen LogP contribution in [0.4, 0.5) is 0 Å². The van der Waals surface area contributed by atoms with Crippen molar-refractivity contribution in [2.75, 3.05) is 0 Å². The minimum atomic E-state index is -0.559. The van der Waals surface area contributed by atoms with Crippen molar-refractivity contribution in [3.05, 3.63) is 6.92 Å². The maximum absolute atomic E-state index is 6.15. The van der Waals surface area contributed by atoms with Crippen LogP contribution in [0.25, 0.3) is 0 Å². The third-order valence-corrected chi connectivity index (χ3v) is 4.51. The molecule has 0 aromatic carbocycles. The number of hydrogen-bond acceptors (Lipinski definition) is 4. The zero-order valence-corrected chi connectivity index (χ0v) is 15.6. The van der Waals surface area contributed by atoms with E-state index in [0.29, 0.717) is 6.10 Å². The molecule has 4 heteroatoms. The SMILES string of the molecule is [CH2][C@@H]1C[C@H](C[C@@H]2C[C@H](CCCCC)OC(C)(C)O2)OC(C)(C)O1. The van der Waals surface area contributed by atoms with E-state index in [1.165, 1.54) is 19.3 Å². The van der Waals surface area contributed by atoms with Gasteiger partial charge in [-0.05, 0) is 41.0 Å². The summed E-state index contributed by atoms with van der Waals surface area (Å²) in [6.07, 6.45) is 8.11. The van der Waals surface area contributed by atoms with Gasteiger partial charge in [0, 0.05) is 19.3 Å². The van der Waals surface area contributed by atoms with E-state index < -0.39 is 11.6 Å². The Morgan fingerprint density at radius 1 is 0.826 bits per heavy atom. The molecule has 4 nitrogen and oxygen atoms in total. The van der Waals surface area contributed by atoms with Crippen molar-refractivity contribution in [3.63, 3.8) is 0 Å². The first-order chi connectivity index (χ1) is 10.7. The second-order valence-corrected chi connectivity index (χ2v) is 7.96. The fourth-order valence-corrected chi connectivity index (χ4v) is 3.82. The first kappa shape index (κ1) is 19.2. The van der Waals surface area contributed by atoms with Crippen LogP contribution in [0, 0.1) is 6.92 Å². The maximum atomic E-state index is 6.15. The van der Waals surface area contributed by atoms with Crippen molar-refractivity contribution in [2.45, 2.75) is 116 Å². The Labute approximate surface area is 142 Å². The second kappa shape index (κ2) is 7.81. The molecule has 0 N–H and O–H groups in total. The molecule has 1 radical (unpaired) electrons. The van der Waals surface area contributed by atoms with Gasteiger partial charge < -0.3 is 18.9 Å². The van der Waals surface area contributed by atoms with Gasteiger partial charge in [-0.25, -0.2) is 0 Å². The van der Waals surface area contributed by atoms with Crippen LogP contribution in [0.2, 0.25) is 0 Å². The summed E-state index contributed by atoms with van der Waals surface area (Å²) in [5.41, 5.74) is 0. The largest absolute Gasteiger partial charge is 0.347 e.